The molecule has 0 heterocycles. The maximum absolute atomic E-state index is 8.40. The maximum Gasteiger partial charge on any atom is 0.0615 e. The Labute approximate surface area is 162 Å². The maximum atomic E-state index is 8.40. The molecule has 0 aliphatic heterocycles. The minimum Gasteiger partial charge on any atom is -0.300 e. The van der Waals surface area contributed by atoms with Gasteiger partial charge in [-0.05, 0) is 58.4 Å². The highest BCUT2D eigenvalue weighted by molar-refractivity contribution is 6.14. The Morgan fingerprint density at radius 1 is 0.926 bits per heavy atom. The van der Waals surface area contributed by atoms with E-state index in [9.17, 15) is 0 Å². The Morgan fingerprint density at radius 3 is 2.44 bits per heavy atom. The number of rotatable bonds is 4. The summed E-state index contributed by atoms with van der Waals surface area (Å²) in [6.07, 6.45) is 11.3. The predicted molar refractivity (Wildman–Crippen MR) is 116 cm³/mol. The van der Waals surface area contributed by atoms with Crippen molar-refractivity contribution in [1.82, 2.24) is 0 Å². The van der Waals surface area contributed by atoms with Gasteiger partial charge in [-0.25, -0.2) is 0 Å². The highest BCUT2D eigenvalue weighted by Crippen LogP contribution is 2.49. The smallest absolute Gasteiger partial charge is 0.0615 e. The minimum absolute atomic E-state index is 0.0122. The molecular weight excluding hydrogens is 326 g/mol. The number of fused-ring (bicyclic) bond motifs is 3. The van der Waals surface area contributed by atoms with E-state index in [-0.39, 0.29) is 5.41 Å². The van der Waals surface area contributed by atoms with Crippen molar-refractivity contribution in [3.8, 4) is 11.1 Å². The van der Waals surface area contributed by atoms with E-state index in [4.69, 9.17) is 5.41 Å². The molecular formula is C26H27N. The molecule has 2 aromatic rings. The van der Waals surface area contributed by atoms with Gasteiger partial charge in [0, 0.05) is 11.0 Å². The van der Waals surface area contributed by atoms with Crippen molar-refractivity contribution in [3.05, 3.63) is 89.0 Å². The topological polar surface area (TPSA) is 23.9 Å². The first kappa shape index (κ1) is 17.7. The zero-order chi connectivity index (χ0) is 19.0. The summed E-state index contributed by atoms with van der Waals surface area (Å²) in [6.45, 7) is 6.88. The van der Waals surface area contributed by atoms with E-state index >= 15 is 0 Å². The molecule has 27 heavy (non-hydrogen) atoms. The summed E-state index contributed by atoms with van der Waals surface area (Å²) >= 11 is 0. The highest BCUT2D eigenvalue weighted by Gasteiger charge is 2.35. The molecule has 0 aromatic heterocycles. The summed E-state index contributed by atoms with van der Waals surface area (Å²) in [5, 5.41) is 8.40. The summed E-state index contributed by atoms with van der Waals surface area (Å²) in [7, 11) is 0. The van der Waals surface area contributed by atoms with Crippen LogP contribution in [0.25, 0.3) is 16.7 Å². The molecule has 0 radical (unpaired) electrons. The van der Waals surface area contributed by atoms with Crippen molar-refractivity contribution in [2.75, 3.05) is 0 Å². The van der Waals surface area contributed by atoms with Gasteiger partial charge in [-0.15, -0.1) is 0 Å². The summed E-state index contributed by atoms with van der Waals surface area (Å²) in [6, 6.07) is 15.7. The van der Waals surface area contributed by atoms with Gasteiger partial charge in [0.25, 0.3) is 0 Å². The lowest BCUT2D eigenvalue weighted by Crippen LogP contribution is -2.15. The van der Waals surface area contributed by atoms with Gasteiger partial charge in [0.05, 0.1) is 5.71 Å². The molecule has 0 saturated carbocycles. The number of hydrogen-bond donors (Lipinski definition) is 1. The molecule has 2 aliphatic carbocycles. The molecule has 0 spiro atoms. The molecule has 1 heteroatoms. The van der Waals surface area contributed by atoms with Crippen LogP contribution >= 0.6 is 0 Å². The fourth-order valence-electron chi connectivity index (χ4n) is 4.43. The van der Waals surface area contributed by atoms with E-state index in [1.165, 1.54) is 33.4 Å². The van der Waals surface area contributed by atoms with Crippen molar-refractivity contribution in [3.63, 3.8) is 0 Å². The molecule has 136 valence electrons. The van der Waals surface area contributed by atoms with Crippen molar-refractivity contribution < 1.29 is 0 Å². The number of nitrogens with one attached hydrogen (secondary N) is 1. The summed E-state index contributed by atoms with van der Waals surface area (Å²) in [5.41, 5.74) is 9.79. The minimum atomic E-state index is 0.0122. The van der Waals surface area contributed by atoms with Crippen LogP contribution in [-0.4, -0.2) is 5.71 Å². The standard InChI is InChI=1S/C26H27N/c1-4-5-10-19(22-12-7-9-14-25(22)27)18-15-16-21-20-11-6-8-13-23(20)26(2,3)24(21)17-18/h6-9,11-17,27H,4-5,10H2,1-3H3/b22-19+,27-25?. The lowest BCUT2D eigenvalue weighted by molar-refractivity contribution is 0.660. The number of allylic oxidation sites excluding steroid dienone is 6. The van der Waals surface area contributed by atoms with E-state index in [1.54, 1.807) is 0 Å². The third-order valence-electron chi connectivity index (χ3n) is 5.96. The van der Waals surface area contributed by atoms with Gasteiger partial charge in [-0.2, -0.15) is 0 Å². The van der Waals surface area contributed by atoms with Crippen molar-refractivity contribution >= 4 is 11.3 Å². The molecule has 2 aromatic carbocycles. The Kier molecular flexibility index (Phi) is 4.47. The monoisotopic (exact) mass is 353 g/mol. The van der Waals surface area contributed by atoms with Crippen LogP contribution in [0.3, 0.4) is 0 Å². The molecule has 1 N–H and O–H groups in total. The van der Waals surface area contributed by atoms with Gasteiger partial charge < -0.3 is 5.41 Å². The number of benzene rings is 2. The summed E-state index contributed by atoms with van der Waals surface area (Å²) in [5.74, 6) is 0. The van der Waals surface area contributed by atoms with Crippen LogP contribution in [0.2, 0.25) is 0 Å². The van der Waals surface area contributed by atoms with Crippen LogP contribution in [0.15, 0.2) is 72.3 Å². The van der Waals surface area contributed by atoms with Crippen LogP contribution in [0.4, 0.5) is 0 Å². The SMILES string of the molecule is CCCC/C(=C1/C=CC=CC1=N)c1ccc2c(c1)C(C)(C)c1ccccc1-2. The summed E-state index contributed by atoms with van der Waals surface area (Å²) in [4.78, 5) is 0. The Morgan fingerprint density at radius 2 is 1.67 bits per heavy atom. The van der Waals surface area contributed by atoms with Crippen LogP contribution in [0, 0.1) is 5.41 Å². The van der Waals surface area contributed by atoms with Gasteiger partial charge in [0.2, 0.25) is 0 Å². The van der Waals surface area contributed by atoms with Crippen molar-refractivity contribution in [2.45, 2.75) is 45.4 Å². The Bertz CT molecular complexity index is 999. The largest absolute Gasteiger partial charge is 0.300 e. The lowest BCUT2D eigenvalue weighted by atomic mass is 9.81. The molecule has 2 aliphatic rings. The molecule has 4 rings (SSSR count). The fraction of sp³-hybridized carbons (Fsp3) is 0.269. The number of hydrogen-bond acceptors (Lipinski definition) is 1. The first-order valence-electron chi connectivity index (χ1n) is 9.95. The van der Waals surface area contributed by atoms with Crippen molar-refractivity contribution in [2.24, 2.45) is 0 Å². The van der Waals surface area contributed by atoms with Crippen LogP contribution in [0.5, 0.6) is 0 Å². The van der Waals surface area contributed by atoms with E-state index < -0.39 is 0 Å². The predicted octanol–water partition coefficient (Wildman–Crippen LogP) is 7.08. The second kappa shape index (κ2) is 6.81. The molecule has 0 saturated heterocycles. The molecule has 0 bridgehead atoms. The van der Waals surface area contributed by atoms with E-state index in [1.807, 2.05) is 18.2 Å². The van der Waals surface area contributed by atoms with Crippen LogP contribution in [-0.2, 0) is 5.41 Å². The summed E-state index contributed by atoms with van der Waals surface area (Å²) < 4.78 is 0. The van der Waals surface area contributed by atoms with Crippen LogP contribution in [0.1, 0.15) is 56.7 Å². The van der Waals surface area contributed by atoms with Gasteiger partial charge in [-0.3, -0.25) is 0 Å². The third kappa shape index (κ3) is 2.92. The first-order chi connectivity index (χ1) is 13.0. The normalized spacial score (nSPS) is 18.4. The average molecular weight is 354 g/mol. The van der Waals surface area contributed by atoms with Gasteiger partial charge in [0.1, 0.15) is 0 Å². The van der Waals surface area contributed by atoms with Gasteiger partial charge in [0.15, 0.2) is 0 Å². The molecule has 0 amide bonds. The second-order valence-electron chi connectivity index (χ2n) is 8.06. The average Bonchev–Trinajstić information content (AvgIpc) is 2.91. The number of unbranched alkanes of at least 4 members (excludes halogenated alkanes) is 1. The van der Waals surface area contributed by atoms with Gasteiger partial charge >= 0.3 is 0 Å². The zero-order valence-electron chi connectivity index (χ0n) is 16.5. The molecule has 0 fully saturated rings. The van der Waals surface area contributed by atoms with Crippen molar-refractivity contribution in [1.29, 1.82) is 5.41 Å². The van der Waals surface area contributed by atoms with E-state index in [0.717, 1.165) is 24.8 Å². The Balaban J connectivity index is 1.87. The first-order valence-corrected chi connectivity index (χ1v) is 9.95. The third-order valence-corrected chi connectivity index (χ3v) is 5.96. The second-order valence-corrected chi connectivity index (χ2v) is 8.06. The molecule has 1 nitrogen and oxygen atoms in total. The quantitative estimate of drug-likeness (QED) is 0.607. The Hall–Kier alpha value is -2.67. The highest BCUT2D eigenvalue weighted by atomic mass is 14.4. The van der Waals surface area contributed by atoms with Crippen LogP contribution < -0.4 is 0 Å². The van der Waals surface area contributed by atoms with E-state index in [0.29, 0.717) is 5.71 Å². The van der Waals surface area contributed by atoms with Gasteiger partial charge in [-0.1, -0.05) is 81.8 Å². The van der Waals surface area contributed by atoms with E-state index in [2.05, 4.69) is 69.3 Å². The molecule has 0 unspecified atom stereocenters. The fourth-order valence-corrected chi connectivity index (χ4v) is 4.43. The lowest BCUT2D eigenvalue weighted by Gasteiger charge is -2.23. The zero-order valence-corrected chi connectivity index (χ0v) is 16.5. The molecule has 0 atom stereocenters.